The number of benzene rings is 1. The van der Waals surface area contributed by atoms with Crippen molar-refractivity contribution in [3.05, 3.63) is 51.8 Å². The second-order valence-corrected chi connectivity index (χ2v) is 6.83. The van der Waals surface area contributed by atoms with Crippen LogP contribution in [0.1, 0.15) is 21.7 Å². The molecule has 10 heteroatoms. The Kier molecular flexibility index (Phi) is 6.28. The highest BCUT2D eigenvalue weighted by atomic mass is 16.5. The van der Waals surface area contributed by atoms with Gasteiger partial charge in [-0.15, -0.1) is 0 Å². The van der Waals surface area contributed by atoms with Crippen LogP contribution in [-0.2, 0) is 23.1 Å². The Morgan fingerprint density at radius 1 is 1.13 bits per heavy atom. The summed E-state index contributed by atoms with van der Waals surface area (Å²) in [6.45, 7) is 1.27. The molecule has 164 valence electrons. The van der Waals surface area contributed by atoms with Gasteiger partial charge in [-0.05, 0) is 24.6 Å². The van der Waals surface area contributed by atoms with E-state index >= 15 is 0 Å². The monoisotopic (exact) mass is 429 g/mol. The normalized spacial score (nSPS) is 10.7. The Morgan fingerprint density at radius 3 is 2.35 bits per heavy atom. The van der Waals surface area contributed by atoms with E-state index in [1.54, 1.807) is 25.1 Å². The van der Waals surface area contributed by atoms with Gasteiger partial charge in [0.15, 0.2) is 0 Å². The van der Waals surface area contributed by atoms with E-state index < -0.39 is 17.4 Å². The zero-order valence-electron chi connectivity index (χ0n) is 17.9. The molecule has 0 aliphatic carbocycles. The van der Waals surface area contributed by atoms with Crippen molar-refractivity contribution in [2.75, 3.05) is 27.9 Å². The summed E-state index contributed by atoms with van der Waals surface area (Å²) < 4.78 is 22.1. The van der Waals surface area contributed by atoms with E-state index in [2.05, 4.69) is 4.98 Å². The Labute approximate surface area is 177 Å². The third kappa shape index (κ3) is 4.37. The number of nitrogens with zero attached hydrogens (tertiary/aromatic N) is 3. The highest BCUT2D eigenvalue weighted by molar-refractivity contribution is 6.06. The molecule has 0 spiro atoms. The molecule has 3 rings (SSSR count). The highest BCUT2D eigenvalue weighted by Crippen LogP contribution is 2.26. The lowest BCUT2D eigenvalue weighted by Gasteiger charge is -2.22. The summed E-state index contributed by atoms with van der Waals surface area (Å²) in [6, 6.07) is 5.14. The number of rotatable bonds is 7. The zero-order valence-corrected chi connectivity index (χ0v) is 17.9. The van der Waals surface area contributed by atoms with Gasteiger partial charge in [0, 0.05) is 19.7 Å². The van der Waals surface area contributed by atoms with Crippen LogP contribution in [0.3, 0.4) is 0 Å². The van der Waals surface area contributed by atoms with Crippen LogP contribution >= 0.6 is 0 Å². The summed E-state index contributed by atoms with van der Waals surface area (Å²) >= 11 is 0. The van der Waals surface area contributed by atoms with Crippen LogP contribution in [0, 0.1) is 6.92 Å². The molecule has 2 aromatic heterocycles. The molecule has 0 fully saturated rings. The van der Waals surface area contributed by atoms with E-state index in [9.17, 15) is 14.4 Å². The van der Waals surface area contributed by atoms with Gasteiger partial charge < -0.3 is 28.1 Å². The van der Waals surface area contributed by atoms with Crippen molar-refractivity contribution in [1.29, 1.82) is 0 Å². The predicted molar refractivity (Wildman–Crippen MR) is 110 cm³/mol. The molecule has 1 aromatic carbocycles. The molecule has 0 atom stereocenters. The number of aromatic nitrogens is 2. The van der Waals surface area contributed by atoms with Crippen LogP contribution in [0.5, 0.6) is 11.5 Å². The number of esters is 1. The van der Waals surface area contributed by atoms with E-state index in [1.165, 1.54) is 44.2 Å². The second kappa shape index (κ2) is 8.90. The third-order valence-corrected chi connectivity index (χ3v) is 4.78. The third-order valence-electron chi connectivity index (χ3n) is 4.78. The van der Waals surface area contributed by atoms with Gasteiger partial charge in [0.1, 0.15) is 35.5 Å². The average molecular weight is 429 g/mol. The molecule has 0 aliphatic rings. The molecular formula is C21H23N3O7. The molecule has 1 amide bonds. The van der Waals surface area contributed by atoms with Gasteiger partial charge in [-0.1, -0.05) is 0 Å². The summed E-state index contributed by atoms with van der Waals surface area (Å²) in [5, 5.41) is 0.0607. The number of carbonyl (C=O) groups excluding carboxylic acids is 2. The minimum absolute atomic E-state index is 0.0359. The molecule has 0 saturated heterocycles. The molecule has 0 aliphatic heterocycles. The largest absolute Gasteiger partial charge is 0.497 e. The zero-order chi connectivity index (χ0) is 22.7. The molecule has 0 unspecified atom stereocenters. The van der Waals surface area contributed by atoms with Crippen molar-refractivity contribution in [2.24, 2.45) is 7.05 Å². The van der Waals surface area contributed by atoms with Crippen molar-refractivity contribution in [1.82, 2.24) is 14.5 Å². The maximum atomic E-state index is 13.5. The number of amides is 1. The molecule has 0 N–H and O–H groups in total. The van der Waals surface area contributed by atoms with E-state index in [-0.39, 0.29) is 35.5 Å². The van der Waals surface area contributed by atoms with Gasteiger partial charge in [0.05, 0.1) is 26.9 Å². The number of fused-ring (bicyclic) bond motifs is 1. The number of aryl methyl sites for hydroxylation is 2. The first-order valence-electron chi connectivity index (χ1n) is 9.31. The maximum absolute atomic E-state index is 13.5. The molecule has 3 aromatic rings. The first-order chi connectivity index (χ1) is 14.8. The summed E-state index contributed by atoms with van der Waals surface area (Å²) in [5.41, 5.74) is 0.351. The van der Waals surface area contributed by atoms with E-state index in [0.717, 1.165) is 0 Å². The quantitative estimate of drug-likeness (QED) is 0.521. The van der Waals surface area contributed by atoms with Crippen LogP contribution in [0.25, 0.3) is 11.1 Å². The fraction of sp³-hybridized carbons (Fsp3) is 0.333. The van der Waals surface area contributed by atoms with Crippen LogP contribution in [0.4, 0.5) is 0 Å². The summed E-state index contributed by atoms with van der Waals surface area (Å²) in [4.78, 5) is 43.5. The maximum Gasteiger partial charge on any atom is 0.325 e. The average Bonchev–Trinajstić information content (AvgIpc) is 3.11. The lowest BCUT2D eigenvalue weighted by Crippen LogP contribution is -2.36. The predicted octanol–water partition coefficient (Wildman–Crippen LogP) is 1.67. The minimum Gasteiger partial charge on any atom is -0.497 e. The number of hydrogen-bond acceptors (Lipinski definition) is 8. The highest BCUT2D eigenvalue weighted by Gasteiger charge is 2.28. The molecule has 10 nitrogen and oxygen atoms in total. The van der Waals surface area contributed by atoms with Crippen molar-refractivity contribution >= 4 is 23.0 Å². The van der Waals surface area contributed by atoms with Crippen LogP contribution in [0.2, 0.25) is 0 Å². The lowest BCUT2D eigenvalue weighted by molar-refractivity contribution is -0.141. The number of hydrogen-bond donors (Lipinski definition) is 0. The van der Waals surface area contributed by atoms with E-state index in [1.807, 2.05) is 0 Å². The minimum atomic E-state index is -0.611. The van der Waals surface area contributed by atoms with Crippen LogP contribution in [-0.4, -0.2) is 54.2 Å². The lowest BCUT2D eigenvalue weighted by atomic mass is 10.1. The van der Waals surface area contributed by atoms with Gasteiger partial charge in [0.2, 0.25) is 5.71 Å². The van der Waals surface area contributed by atoms with Gasteiger partial charge in [0.25, 0.3) is 11.5 Å². The Hall–Kier alpha value is -3.82. The molecule has 0 radical (unpaired) electrons. The van der Waals surface area contributed by atoms with Crippen molar-refractivity contribution < 1.29 is 28.2 Å². The number of furan rings is 1. The van der Waals surface area contributed by atoms with Gasteiger partial charge >= 0.3 is 5.97 Å². The van der Waals surface area contributed by atoms with Gasteiger partial charge in [-0.3, -0.25) is 14.4 Å². The summed E-state index contributed by atoms with van der Waals surface area (Å²) in [6.07, 6.45) is 1.32. The summed E-state index contributed by atoms with van der Waals surface area (Å²) in [7, 11) is 5.79. The van der Waals surface area contributed by atoms with Gasteiger partial charge in [-0.2, -0.15) is 0 Å². The summed E-state index contributed by atoms with van der Waals surface area (Å²) in [5.74, 6) is 0.118. The van der Waals surface area contributed by atoms with E-state index in [4.69, 9.17) is 18.6 Å². The topological polar surface area (TPSA) is 113 Å². The van der Waals surface area contributed by atoms with Crippen LogP contribution in [0.15, 0.2) is 33.7 Å². The van der Waals surface area contributed by atoms with Crippen molar-refractivity contribution in [3.8, 4) is 11.5 Å². The molecule has 0 saturated carbocycles. The smallest absolute Gasteiger partial charge is 0.325 e. The van der Waals surface area contributed by atoms with Crippen molar-refractivity contribution in [2.45, 2.75) is 13.5 Å². The second-order valence-electron chi connectivity index (χ2n) is 6.83. The molecule has 31 heavy (non-hydrogen) atoms. The number of methoxy groups -OCH3 is 3. The Morgan fingerprint density at radius 2 is 1.77 bits per heavy atom. The Balaban J connectivity index is 2.08. The standard InChI is InChI=1S/C21H23N3O7/c1-12-17(18-19(31-12)22-11-23(2)20(18)26)21(27)24(10-16(25)30-5)9-13-6-14(28-3)8-15(7-13)29-4/h6-8,11H,9-10H2,1-5H3. The SMILES string of the molecule is COC(=O)CN(Cc1cc(OC)cc(OC)c1)C(=O)c1c(C)oc2ncn(C)c(=O)c12. The number of carbonyl (C=O) groups is 2. The Bertz CT molecular complexity index is 1170. The van der Waals surface area contributed by atoms with Crippen LogP contribution < -0.4 is 15.0 Å². The van der Waals surface area contributed by atoms with Gasteiger partial charge in [-0.25, -0.2) is 4.98 Å². The van der Waals surface area contributed by atoms with Crippen molar-refractivity contribution in [3.63, 3.8) is 0 Å². The fourth-order valence-electron chi connectivity index (χ4n) is 3.20. The fourth-order valence-corrected chi connectivity index (χ4v) is 3.20. The first kappa shape index (κ1) is 21.9. The molecular weight excluding hydrogens is 406 g/mol. The number of ether oxygens (including phenoxy) is 3. The first-order valence-corrected chi connectivity index (χ1v) is 9.31. The van der Waals surface area contributed by atoms with E-state index in [0.29, 0.717) is 17.1 Å². The molecule has 2 heterocycles. The molecule has 0 bridgehead atoms.